The molecular formula is C20H19N3O5. The molecule has 1 N–H and O–H groups in total. The molecule has 0 aliphatic carbocycles. The first-order valence-electron chi connectivity index (χ1n) is 8.83. The van der Waals surface area contributed by atoms with Crippen molar-refractivity contribution in [1.82, 2.24) is 10.2 Å². The predicted molar refractivity (Wildman–Crippen MR) is 101 cm³/mol. The molecule has 28 heavy (non-hydrogen) atoms. The van der Waals surface area contributed by atoms with E-state index < -0.39 is 34.9 Å². The lowest BCUT2D eigenvalue weighted by Gasteiger charge is -2.20. The highest BCUT2D eigenvalue weighted by molar-refractivity contribution is 6.24. The van der Waals surface area contributed by atoms with Gasteiger partial charge in [-0.25, -0.2) is 0 Å². The number of amides is 3. The normalized spacial score (nSPS) is 14.0. The van der Waals surface area contributed by atoms with Gasteiger partial charge in [-0.1, -0.05) is 42.8 Å². The van der Waals surface area contributed by atoms with Crippen LogP contribution in [0.5, 0.6) is 0 Å². The molecule has 0 fully saturated rings. The molecule has 0 aromatic heterocycles. The second-order valence-corrected chi connectivity index (χ2v) is 6.59. The van der Waals surface area contributed by atoms with Crippen molar-refractivity contribution < 1.29 is 19.3 Å². The Morgan fingerprint density at radius 3 is 2.43 bits per heavy atom. The third-order valence-corrected chi connectivity index (χ3v) is 4.70. The number of fused-ring (bicyclic) bond motifs is 1. The molecule has 144 valence electrons. The van der Waals surface area contributed by atoms with Crippen LogP contribution >= 0.6 is 0 Å². The van der Waals surface area contributed by atoms with E-state index in [-0.39, 0.29) is 17.2 Å². The summed E-state index contributed by atoms with van der Waals surface area (Å²) in [5, 5.41) is 14.0. The first kappa shape index (κ1) is 19.2. The molecule has 0 bridgehead atoms. The number of rotatable bonds is 6. The first-order chi connectivity index (χ1) is 13.3. The van der Waals surface area contributed by atoms with Gasteiger partial charge in [0, 0.05) is 6.07 Å². The molecule has 0 spiro atoms. The van der Waals surface area contributed by atoms with E-state index in [0.29, 0.717) is 6.42 Å². The molecule has 1 atom stereocenters. The zero-order valence-electron chi connectivity index (χ0n) is 15.5. The second-order valence-electron chi connectivity index (χ2n) is 6.59. The summed E-state index contributed by atoms with van der Waals surface area (Å²) in [4.78, 5) is 48.7. The predicted octanol–water partition coefficient (Wildman–Crippen LogP) is 2.77. The van der Waals surface area contributed by atoms with Crippen LogP contribution in [-0.2, 0) is 4.79 Å². The Balaban J connectivity index is 1.76. The lowest BCUT2D eigenvalue weighted by atomic mass is 10.0. The number of nitro groups is 1. The molecule has 8 heteroatoms. The minimum atomic E-state index is -0.828. The van der Waals surface area contributed by atoms with Gasteiger partial charge in [0.2, 0.25) is 5.91 Å². The van der Waals surface area contributed by atoms with E-state index in [9.17, 15) is 24.5 Å². The largest absolute Gasteiger partial charge is 0.348 e. The van der Waals surface area contributed by atoms with Gasteiger partial charge in [-0.15, -0.1) is 0 Å². The fraction of sp³-hybridized carbons (Fsp3) is 0.250. The number of carbonyl (C=O) groups excluding carboxylic acids is 3. The van der Waals surface area contributed by atoms with Crippen LogP contribution in [0, 0.1) is 17.0 Å². The van der Waals surface area contributed by atoms with Crippen molar-refractivity contribution in [3.05, 3.63) is 74.8 Å². The molecule has 1 aliphatic heterocycles. The van der Waals surface area contributed by atoms with Crippen molar-refractivity contribution in [3.8, 4) is 0 Å². The number of hydrogen-bond donors (Lipinski definition) is 1. The van der Waals surface area contributed by atoms with E-state index in [1.807, 2.05) is 38.1 Å². The van der Waals surface area contributed by atoms with Crippen molar-refractivity contribution in [2.75, 3.05) is 6.54 Å². The molecule has 1 aliphatic rings. The zero-order chi connectivity index (χ0) is 20.4. The summed E-state index contributed by atoms with van der Waals surface area (Å²) in [7, 11) is 0. The molecule has 8 nitrogen and oxygen atoms in total. The maximum atomic E-state index is 12.6. The minimum Gasteiger partial charge on any atom is -0.348 e. The van der Waals surface area contributed by atoms with Crippen molar-refractivity contribution in [1.29, 1.82) is 0 Å². The SMILES string of the molecule is CC[C@H](NC(=O)CN1C(=O)c2cccc([N+](=O)[O-])c2C1=O)c1ccc(C)cc1. The summed E-state index contributed by atoms with van der Waals surface area (Å²) in [5.74, 6) is -2.04. The molecule has 0 saturated carbocycles. The monoisotopic (exact) mass is 381 g/mol. The van der Waals surface area contributed by atoms with E-state index in [4.69, 9.17) is 0 Å². The van der Waals surface area contributed by atoms with E-state index in [2.05, 4.69) is 5.32 Å². The quantitative estimate of drug-likeness (QED) is 0.470. The fourth-order valence-electron chi connectivity index (χ4n) is 3.21. The van der Waals surface area contributed by atoms with Gasteiger partial charge in [0.25, 0.3) is 17.5 Å². The summed E-state index contributed by atoms with van der Waals surface area (Å²) in [6.07, 6.45) is 0.627. The van der Waals surface area contributed by atoms with Gasteiger partial charge in [-0.3, -0.25) is 29.4 Å². The highest BCUT2D eigenvalue weighted by Crippen LogP contribution is 2.30. The zero-order valence-corrected chi connectivity index (χ0v) is 15.5. The highest BCUT2D eigenvalue weighted by Gasteiger charge is 2.41. The average molecular weight is 381 g/mol. The number of nitrogens with one attached hydrogen (secondary N) is 1. The van der Waals surface area contributed by atoms with Crippen LogP contribution in [0.3, 0.4) is 0 Å². The maximum Gasteiger partial charge on any atom is 0.282 e. The van der Waals surface area contributed by atoms with Crippen LogP contribution in [0.25, 0.3) is 0 Å². The van der Waals surface area contributed by atoms with Crippen LogP contribution in [0.15, 0.2) is 42.5 Å². The summed E-state index contributed by atoms with van der Waals surface area (Å²) >= 11 is 0. The average Bonchev–Trinajstić information content (AvgIpc) is 2.91. The minimum absolute atomic E-state index is 0.0578. The number of benzene rings is 2. The van der Waals surface area contributed by atoms with Gasteiger partial charge in [0.1, 0.15) is 12.1 Å². The third kappa shape index (κ3) is 3.48. The Hall–Kier alpha value is -3.55. The van der Waals surface area contributed by atoms with Gasteiger partial charge in [0.05, 0.1) is 16.5 Å². The van der Waals surface area contributed by atoms with Gasteiger partial charge in [-0.2, -0.15) is 0 Å². The van der Waals surface area contributed by atoms with E-state index in [1.54, 1.807) is 0 Å². The Bertz CT molecular complexity index is 968. The Labute approximate surface area is 161 Å². The van der Waals surface area contributed by atoms with E-state index in [1.165, 1.54) is 12.1 Å². The van der Waals surface area contributed by atoms with Crippen molar-refractivity contribution >= 4 is 23.4 Å². The van der Waals surface area contributed by atoms with Crippen LogP contribution in [0.4, 0.5) is 5.69 Å². The third-order valence-electron chi connectivity index (χ3n) is 4.70. The summed E-state index contributed by atoms with van der Waals surface area (Å²) in [6, 6.07) is 11.3. The van der Waals surface area contributed by atoms with Gasteiger partial charge in [-0.05, 0) is 25.0 Å². The number of imide groups is 1. The lowest BCUT2D eigenvalue weighted by molar-refractivity contribution is -0.385. The number of nitro benzene ring substituents is 1. The van der Waals surface area contributed by atoms with E-state index in [0.717, 1.165) is 22.1 Å². The summed E-state index contributed by atoms with van der Waals surface area (Å²) in [5.41, 5.74) is 1.25. The summed E-state index contributed by atoms with van der Waals surface area (Å²) in [6.45, 7) is 3.38. The molecule has 3 rings (SSSR count). The molecule has 2 aromatic rings. The van der Waals surface area contributed by atoms with Crippen molar-refractivity contribution in [2.24, 2.45) is 0 Å². The molecule has 0 radical (unpaired) electrons. The Morgan fingerprint density at radius 1 is 1.14 bits per heavy atom. The molecule has 2 aromatic carbocycles. The lowest BCUT2D eigenvalue weighted by Crippen LogP contribution is -2.41. The molecular weight excluding hydrogens is 362 g/mol. The number of carbonyl (C=O) groups is 3. The van der Waals surface area contributed by atoms with E-state index >= 15 is 0 Å². The molecule has 0 unspecified atom stereocenters. The molecule has 0 saturated heterocycles. The second kappa shape index (κ2) is 7.59. The van der Waals surface area contributed by atoms with Gasteiger partial charge < -0.3 is 5.32 Å². The van der Waals surface area contributed by atoms with Crippen LogP contribution in [0.1, 0.15) is 51.2 Å². The number of aryl methyl sites for hydroxylation is 1. The molecule has 1 heterocycles. The van der Waals surface area contributed by atoms with Crippen molar-refractivity contribution in [2.45, 2.75) is 26.3 Å². The standard InChI is InChI=1S/C20H19N3O5/c1-3-15(13-9-7-12(2)8-10-13)21-17(24)11-22-19(25)14-5-4-6-16(23(27)28)18(14)20(22)26/h4-10,15H,3,11H2,1-2H3,(H,21,24)/t15-/m0/s1. The Morgan fingerprint density at radius 2 is 1.82 bits per heavy atom. The smallest absolute Gasteiger partial charge is 0.282 e. The molecule has 3 amide bonds. The van der Waals surface area contributed by atoms with Crippen LogP contribution in [-0.4, -0.2) is 34.1 Å². The fourth-order valence-corrected chi connectivity index (χ4v) is 3.21. The maximum absolute atomic E-state index is 12.6. The van der Waals surface area contributed by atoms with Gasteiger partial charge in [0.15, 0.2) is 0 Å². The Kier molecular flexibility index (Phi) is 5.21. The van der Waals surface area contributed by atoms with Gasteiger partial charge >= 0.3 is 0 Å². The summed E-state index contributed by atoms with van der Waals surface area (Å²) < 4.78 is 0. The van der Waals surface area contributed by atoms with Crippen LogP contribution in [0.2, 0.25) is 0 Å². The number of nitrogens with zero attached hydrogens (tertiary/aromatic N) is 2. The van der Waals surface area contributed by atoms with Crippen LogP contribution < -0.4 is 5.32 Å². The topological polar surface area (TPSA) is 110 Å². The highest BCUT2D eigenvalue weighted by atomic mass is 16.6. The van der Waals surface area contributed by atoms with Crippen molar-refractivity contribution in [3.63, 3.8) is 0 Å². The number of hydrogen-bond acceptors (Lipinski definition) is 5. The first-order valence-corrected chi connectivity index (χ1v) is 8.83.